The summed E-state index contributed by atoms with van der Waals surface area (Å²) < 4.78 is 6.01. The summed E-state index contributed by atoms with van der Waals surface area (Å²) in [5, 5.41) is 11.2. The molecule has 0 bridgehead atoms. The highest BCUT2D eigenvalue weighted by atomic mass is 16.6. The van der Waals surface area contributed by atoms with Gasteiger partial charge in [0.2, 0.25) is 6.04 Å². The van der Waals surface area contributed by atoms with Crippen molar-refractivity contribution < 1.29 is 19.2 Å². The second-order valence-electron chi connectivity index (χ2n) is 11.3. The lowest BCUT2D eigenvalue weighted by atomic mass is 9.47. The summed E-state index contributed by atoms with van der Waals surface area (Å²) in [5.41, 5.74) is 0.688. The summed E-state index contributed by atoms with van der Waals surface area (Å²) in [6.07, 6.45) is 12.8. The summed E-state index contributed by atoms with van der Waals surface area (Å²) in [4.78, 5) is 35.7. The van der Waals surface area contributed by atoms with Gasteiger partial charge in [0.1, 0.15) is 5.60 Å². The van der Waals surface area contributed by atoms with Crippen LogP contribution in [0.15, 0.2) is 23.8 Å². The standard InChI is InChI=1S/C25H33NO5/c1-15(26(29)30)12-16-14-23(2)17(13-21(16)27)4-5-18-19(23)6-9-24(3)20(18)7-10-25(24)11-8-22(28)31-25/h4-5,13,15-16,18-20H,6-12,14H2,1-3H3/t15?,16-,18-,19+,20+,23+,24+,25-/m1/s1. The fourth-order valence-corrected chi connectivity index (χ4v) is 8.19. The van der Waals surface area contributed by atoms with E-state index >= 15 is 0 Å². The van der Waals surface area contributed by atoms with Gasteiger partial charge in [0, 0.05) is 36.0 Å². The van der Waals surface area contributed by atoms with Crippen molar-refractivity contribution in [2.75, 3.05) is 0 Å². The zero-order valence-corrected chi connectivity index (χ0v) is 18.8. The maximum Gasteiger partial charge on any atom is 0.306 e. The highest BCUT2D eigenvalue weighted by molar-refractivity contribution is 5.94. The molecule has 0 N–H and O–H groups in total. The molecule has 0 aromatic carbocycles. The van der Waals surface area contributed by atoms with Crippen LogP contribution in [-0.2, 0) is 14.3 Å². The minimum atomic E-state index is -0.705. The number of carbonyl (C=O) groups excluding carboxylic acids is 2. The number of hydrogen-bond donors (Lipinski definition) is 0. The lowest BCUT2D eigenvalue weighted by Gasteiger charge is -2.57. The Morgan fingerprint density at radius 1 is 1.19 bits per heavy atom. The maximum absolute atomic E-state index is 12.8. The van der Waals surface area contributed by atoms with Crippen LogP contribution < -0.4 is 0 Å². The second-order valence-corrected chi connectivity index (χ2v) is 11.3. The van der Waals surface area contributed by atoms with Crippen molar-refractivity contribution in [2.24, 2.45) is 34.5 Å². The topological polar surface area (TPSA) is 86.5 Å². The van der Waals surface area contributed by atoms with E-state index in [1.165, 1.54) is 0 Å². The van der Waals surface area contributed by atoms with Crippen LogP contribution in [0.5, 0.6) is 0 Å². The average molecular weight is 428 g/mol. The number of carbonyl (C=O) groups is 2. The van der Waals surface area contributed by atoms with Gasteiger partial charge in [-0.3, -0.25) is 19.7 Å². The van der Waals surface area contributed by atoms with E-state index in [0.29, 0.717) is 37.0 Å². The first-order chi connectivity index (χ1) is 14.6. The van der Waals surface area contributed by atoms with Crippen LogP contribution in [-0.4, -0.2) is 28.3 Å². The number of ketones is 1. The molecular formula is C25H33NO5. The second kappa shape index (κ2) is 6.76. The third kappa shape index (κ3) is 2.82. The molecule has 2 saturated carbocycles. The minimum absolute atomic E-state index is 0.00621. The Morgan fingerprint density at radius 3 is 2.61 bits per heavy atom. The van der Waals surface area contributed by atoms with Gasteiger partial charge in [-0.15, -0.1) is 0 Å². The van der Waals surface area contributed by atoms with E-state index in [0.717, 1.165) is 37.7 Å². The Bertz CT molecular complexity index is 908. The van der Waals surface area contributed by atoms with Gasteiger partial charge < -0.3 is 4.74 Å². The van der Waals surface area contributed by atoms with Gasteiger partial charge >= 0.3 is 5.97 Å². The molecule has 168 valence electrons. The number of esters is 1. The van der Waals surface area contributed by atoms with Crippen molar-refractivity contribution in [3.63, 3.8) is 0 Å². The van der Waals surface area contributed by atoms with Crippen LogP contribution in [0, 0.1) is 44.6 Å². The van der Waals surface area contributed by atoms with Crippen LogP contribution >= 0.6 is 0 Å². The number of ether oxygens (including phenoxy) is 1. The van der Waals surface area contributed by atoms with Gasteiger partial charge in [-0.05, 0) is 73.3 Å². The van der Waals surface area contributed by atoms with E-state index in [9.17, 15) is 19.7 Å². The molecule has 0 radical (unpaired) electrons. The summed E-state index contributed by atoms with van der Waals surface area (Å²) in [5.74, 6) is 1.02. The first kappa shape index (κ1) is 20.9. The molecular weight excluding hydrogens is 394 g/mol. The van der Waals surface area contributed by atoms with Gasteiger partial charge in [0.25, 0.3) is 0 Å². The normalized spacial score (nSPS) is 46.7. The van der Waals surface area contributed by atoms with Crippen LogP contribution in [0.1, 0.15) is 72.1 Å². The molecule has 5 rings (SSSR count). The average Bonchev–Trinajstić information content (AvgIpc) is 3.23. The van der Waals surface area contributed by atoms with Gasteiger partial charge in [-0.25, -0.2) is 0 Å². The zero-order chi connectivity index (χ0) is 22.2. The third-order valence-corrected chi connectivity index (χ3v) is 10.00. The summed E-state index contributed by atoms with van der Waals surface area (Å²) >= 11 is 0. The lowest BCUT2D eigenvalue weighted by molar-refractivity contribution is -0.519. The number of rotatable bonds is 3. The highest BCUT2D eigenvalue weighted by Gasteiger charge is 2.66. The largest absolute Gasteiger partial charge is 0.458 e. The van der Waals surface area contributed by atoms with Crippen molar-refractivity contribution >= 4 is 11.8 Å². The zero-order valence-electron chi connectivity index (χ0n) is 18.8. The molecule has 3 fully saturated rings. The molecule has 0 aromatic rings. The minimum Gasteiger partial charge on any atom is -0.458 e. The Morgan fingerprint density at radius 2 is 1.94 bits per heavy atom. The van der Waals surface area contributed by atoms with E-state index in [1.54, 1.807) is 13.0 Å². The number of hydrogen-bond acceptors (Lipinski definition) is 5. The molecule has 1 unspecified atom stereocenters. The van der Waals surface area contributed by atoms with Crippen LogP contribution in [0.2, 0.25) is 0 Å². The quantitative estimate of drug-likeness (QED) is 0.372. The molecule has 4 aliphatic carbocycles. The fourth-order valence-electron chi connectivity index (χ4n) is 8.19. The molecule has 6 heteroatoms. The Balaban J connectivity index is 1.45. The van der Waals surface area contributed by atoms with Crippen molar-refractivity contribution in [1.82, 2.24) is 0 Å². The predicted octanol–water partition coefficient (Wildman–Crippen LogP) is 4.65. The molecule has 1 spiro atoms. The Hall–Kier alpha value is -1.98. The fraction of sp³-hybridized carbons (Fsp3) is 0.760. The van der Waals surface area contributed by atoms with Gasteiger partial charge in [0.15, 0.2) is 5.78 Å². The smallest absolute Gasteiger partial charge is 0.306 e. The molecule has 8 atom stereocenters. The number of nitrogens with zero attached hydrogens (tertiary/aromatic N) is 1. The SMILES string of the molecule is CC(C[C@@H]1C[C@@]2(C)C(=CC1=O)C=C[C@@H]1[C@@H]2CC[C@@]2(C)[C@H]1CC[C@@]21CCC(=O)O1)[N+](=O)[O-]. The first-order valence-corrected chi connectivity index (χ1v) is 11.9. The molecule has 0 amide bonds. The first-order valence-electron chi connectivity index (χ1n) is 11.9. The molecule has 0 aromatic heterocycles. The summed E-state index contributed by atoms with van der Waals surface area (Å²) in [6, 6.07) is -0.705. The molecule has 1 heterocycles. The Labute approximate surface area is 183 Å². The third-order valence-electron chi connectivity index (χ3n) is 10.00. The summed E-state index contributed by atoms with van der Waals surface area (Å²) in [7, 11) is 0. The number of nitro groups is 1. The van der Waals surface area contributed by atoms with Crippen LogP contribution in [0.4, 0.5) is 0 Å². The van der Waals surface area contributed by atoms with Gasteiger partial charge in [-0.2, -0.15) is 0 Å². The Kier molecular flexibility index (Phi) is 4.56. The molecule has 5 aliphatic rings. The van der Waals surface area contributed by atoms with E-state index in [2.05, 4.69) is 26.0 Å². The summed E-state index contributed by atoms with van der Waals surface area (Å²) in [6.45, 7) is 6.22. The van der Waals surface area contributed by atoms with E-state index in [4.69, 9.17) is 4.74 Å². The van der Waals surface area contributed by atoms with E-state index in [1.807, 2.05) is 0 Å². The van der Waals surface area contributed by atoms with Crippen LogP contribution in [0.25, 0.3) is 0 Å². The molecule has 1 saturated heterocycles. The van der Waals surface area contributed by atoms with Crippen LogP contribution in [0.3, 0.4) is 0 Å². The van der Waals surface area contributed by atoms with E-state index < -0.39 is 6.04 Å². The monoisotopic (exact) mass is 427 g/mol. The van der Waals surface area contributed by atoms with Crippen molar-refractivity contribution in [1.29, 1.82) is 0 Å². The highest BCUT2D eigenvalue weighted by Crippen LogP contribution is 2.68. The number of allylic oxidation sites excluding steroid dienone is 4. The van der Waals surface area contributed by atoms with E-state index in [-0.39, 0.29) is 39.0 Å². The van der Waals surface area contributed by atoms with Gasteiger partial charge in [-0.1, -0.05) is 26.0 Å². The lowest BCUT2D eigenvalue weighted by Crippen LogP contribution is -2.54. The number of fused-ring (bicyclic) bond motifs is 6. The van der Waals surface area contributed by atoms with Crippen molar-refractivity contribution in [2.45, 2.75) is 83.8 Å². The van der Waals surface area contributed by atoms with Gasteiger partial charge in [0.05, 0.1) is 0 Å². The molecule has 6 nitrogen and oxygen atoms in total. The predicted molar refractivity (Wildman–Crippen MR) is 115 cm³/mol. The van der Waals surface area contributed by atoms with Crippen molar-refractivity contribution in [3.05, 3.63) is 33.9 Å². The maximum atomic E-state index is 12.8. The van der Waals surface area contributed by atoms with Crippen molar-refractivity contribution in [3.8, 4) is 0 Å². The molecule has 1 aliphatic heterocycles. The molecule has 31 heavy (non-hydrogen) atoms.